The number of benzene rings is 1. The maximum Gasteiger partial charge on any atom is 0.103 e. The Bertz CT molecular complexity index is 316. The standard InChI is InChI=1S/C10H11NO.C2H6/c1-2-8-5-3-4-6-9(8)10(11)7-12;1-2/h2-7,12H,1,11H2;1-2H3/b10-7-;. The Morgan fingerprint density at radius 3 is 2.43 bits per heavy atom. The van der Waals surface area contributed by atoms with E-state index in [1.807, 2.05) is 38.1 Å². The monoisotopic (exact) mass is 191 g/mol. The Morgan fingerprint density at radius 2 is 1.93 bits per heavy atom. The summed E-state index contributed by atoms with van der Waals surface area (Å²) in [5.41, 5.74) is 7.60. The first-order valence-electron chi connectivity index (χ1n) is 4.61. The molecular formula is C12H17NO. The zero-order valence-electron chi connectivity index (χ0n) is 8.70. The third-order valence-electron chi connectivity index (χ3n) is 1.63. The molecule has 1 aromatic rings. The zero-order chi connectivity index (χ0) is 11.0. The summed E-state index contributed by atoms with van der Waals surface area (Å²) in [6.45, 7) is 7.64. The molecule has 0 bridgehead atoms. The van der Waals surface area contributed by atoms with Gasteiger partial charge in [-0.05, 0) is 5.56 Å². The lowest BCUT2D eigenvalue weighted by Gasteiger charge is -2.03. The molecule has 0 radical (unpaired) electrons. The number of hydrogen-bond acceptors (Lipinski definition) is 2. The first kappa shape index (κ1) is 12.3. The summed E-state index contributed by atoms with van der Waals surface area (Å²) >= 11 is 0. The van der Waals surface area contributed by atoms with Crippen molar-refractivity contribution in [3.05, 3.63) is 48.2 Å². The van der Waals surface area contributed by atoms with Crippen LogP contribution in [-0.4, -0.2) is 5.11 Å². The van der Waals surface area contributed by atoms with Crippen molar-refractivity contribution in [3.63, 3.8) is 0 Å². The van der Waals surface area contributed by atoms with Gasteiger partial charge in [-0.3, -0.25) is 0 Å². The first-order chi connectivity index (χ1) is 6.79. The second kappa shape index (κ2) is 6.78. The number of aliphatic hydroxyl groups is 1. The summed E-state index contributed by atoms with van der Waals surface area (Å²) in [6, 6.07) is 7.47. The van der Waals surface area contributed by atoms with Crippen molar-refractivity contribution in [3.8, 4) is 0 Å². The average Bonchev–Trinajstić information content (AvgIpc) is 2.30. The van der Waals surface area contributed by atoms with E-state index >= 15 is 0 Å². The van der Waals surface area contributed by atoms with Crippen LogP contribution in [0.25, 0.3) is 11.8 Å². The average molecular weight is 191 g/mol. The number of rotatable bonds is 2. The Balaban J connectivity index is 0.000000791. The van der Waals surface area contributed by atoms with Crippen molar-refractivity contribution < 1.29 is 5.11 Å². The van der Waals surface area contributed by atoms with Crippen LogP contribution in [0.4, 0.5) is 0 Å². The molecule has 0 saturated heterocycles. The van der Waals surface area contributed by atoms with Gasteiger partial charge in [0.15, 0.2) is 0 Å². The summed E-state index contributed by atoms with van der Waals surface area (Å²) in [7, 11) is 0. The molecule has 3 N–H and O–H groups in total. The molecule has 0 heterocycles. The van der Waals surface area contributed by atoms with E-state index in [-0.39, 0.29) is 0 Å². The number of hydrogen-bond donors (Lipinski definition) is 2. The predicted molar refractivity (Wildman–Crippen MR) is 62.7 cm³/mol. The van der Waals surface area contributed by atoms with E-state index in [0.29, 0.717) is 5.70 Å². The molecule has 0 amide bonds. The Kier molecular flexibility index (Phi) is 5.95. The molecule has 0 atom stereocenters. The Hall–Kier alpha value is -1.70. The molecule has 0 aliphatic heterocycles. The number of aliphatic hydroxyl groups excluding tert-OH is 1. The topological polar surface area (TPSA) is 46.2 Å². The highest BCUT2D eigenvalue weighted by Gasteiger charge is 1.99. The normalized spacial score (nSPS) is 10.0. The summed E-state index contributed by atoms with van der Waals surface area (Å²) in [5.74, 6) is 0. The van der Waals surface area contributed by atoms with E-state index in [1.54, 1.807) is 6.08 Å². The molecule has 0 fully saturated rings. The van der Waals surface area contributed by atoms with Crippen LogP contribution in [0.15, 0.2) is 37.1 Å². The van der Waals surface area contributed by atoms with Gasteiger partial charge in [-0.25, -0.2) is 0 Å². The summed E-state index contributed by atoms with van der Waals surface area (Å²) in [5, 5.41) is 8.69. The van der Waals surface area contributed by atoms with Gasteiger partial charge in [-0.2, -0.15) is 0 Å². The molecule has 1 rings (SSSR count). The van der Waals surface area contributed by atoms with Gasteiger partial charge >= 0.3 is 0 Å². The lowest BCUT2D eigenvalue weighted by Crippen LogP contribution is -1.97. The highest BCUT2D eigenvalue weighted by Crippen LogP contribution is 2.15. The minimum absolute atomic E-state index is 0.352. The molecule has 2 nitrogen and oxygen atoms in total. The third kappa shape index (κ3) is 2.98. The van der Waals surface area contributed by atoms with Crippen molar-refractivity contribution in [1.82, 2.24) is 0 Å². The molecule has 0 saturated carbocycles. The maximum atomic E-state index is 8.69. The maximum absolute atomic E-state index is 8.69. The minimum atomic E-state index is 0.352. The first-order valence-corrected chi connectivity index (χ1v) is 4.61. The molecule has 0 aromatic heterocycles. The van der Waals surface area contributed by atoms with Gasteiger partial charge in [0.25, 0.3) is 0 Å². The lowest BCUT2D eigenvalue weighted by molar-refractivity contribution is 0.475. The third-order valence-corrected chi connectivity index (χ3v) is 1.63. The molecule has 0 unspecified atom stereocenters. The predicted octanol–water partition coefficient (Wildman–Crippen LogP) is 3.17. The highest BCUT2D eigenvalue weighted by atomic mass is 16.2. The van der Waals surface area contributed by atoms with E-state index < -0.39 is 0 Å². The van der Waals surface area contributed by atoms with Crippen molar-refractivity contribution in [2.75, 3.05) is 0 Å². The minimum Gasteiger partial charge on any atom is -0.513 e. The van der Waals surface area contributed by atoms with E-state index in [4.69, 9.17) is 10.8 Å². The van der Waals surface area contributed by atoms with Crippen LogP contribution >= 0.6 is 0 Å². The van der Waals surface area contributed by atoms with E-state index in [9.17, 15) is 0 Å². The van der Waals surface area contributed by atoms with Gasteiger partial charge in [-0.15, -0.1) is 0 Å². The van der Waals surface area contributed by atoms with Crippen LogP contribution in [0.1, 0.15) is 25.0 Å². The van der Waals surface area contributed by atoms with E-state index in [0.717, 1.165) is 17.4 Å². The summed E-state index contributed by atoms with van der Waals surface area (Å²) in [6.07, 6.45) is 2.59. The Labute approximate surface area is 85.4 Å². The Morgan fingerprint density at radius 1 is 1.36 bits per heavy atom. The van der Waals surface area contributed by atoms with Crippen LogP contribution in [0.3, 0.4) is 0 Å². The highest BCUT2D eigenvalue weighted by molar-refractivity contribution is 5.71. The quantitative estimate of drug-likeness (QED) is 0.705. The fourth-order valence-corrected chi connectivity index (χ4v) is 1.01. The fraction of sp³-hybridized carbons (Fsp3) is 0.167. The molecule has 1 aromatic carbocycles. The van der Waals surface area contributed by atoms with Crippen molar-refractivity contribution in [1.29, 1.82) is 0 Å². The summed E-state index contributed by atoms with van der Waals surface area (Å²) < 4.78 is 0. The van der Waals surface area contributed by atoms with Crippen molar-refractivity contribution >= 4 is 11.8 Å². The van der Waals surface area contributed by atoms with E-state index in [1.165, 1.54) is 0 Å². The molecule has 0 spiro atoms. The molecule has 14 heavy (non-hydrogen) atoms. The smallest absolute Gasteiger partial charge is 0.103 e. The van der Waals surface area contributed by atoms with Crippen molar-refractivity contribution in [2.24, 2.45) is 5.73 Å². The molecular weight excluding hydrogens is 174 g/mol. The molecule has 2 heteroatoms. The van der Waals surface area contributed by atoms with Crippen LogP contribution in [-0.2, 0) is 0 Å². The fourth-order valence-electron chi connectivity index (χ4n) is 1.01. The lowest BCUT2D eigenvalue weighted by atomic mass is 10.1. The number of nitrogens with two attached hydrogens (primary N) is 1. The zero-order valence-corrected chi connectivity index (χ0v) is 8.70. The van der Waals surface area contributed by atoms with E-state index in [2.05, 4.69) is 6.58 Å². The molecule has 76 valence electrons. The van der Waals surface area contributed by atoms with Crippen LogP contribution in [0.5, 0.6) is 0 Å². The van der Waals surface area contributed by atoms with Gasteiger partial charge < -0.3 is 10.8 Å². The van der Waals surface area contributed by atoms with Gasteiger partial charge in [0, 0.05) is 5.56 Å². The van der Waals surface area contributed by atoms with Crippen molar-refractivity contribution in [2.45, 2.75) is 13.8 Å². The van der Waals surface area contributed by atoms with Crippen LogP contribution in [0.2, 0.25) is 0 Å². The van der Waals surface area contributed by atoms with Crippen LogP contribution < -0.4 is 5.73 Å². The largest absolute Gasteiger partial charge is 0.513 e. The molecule has 0 aliphatic rings. The van der Waals surface area contributed by atoms with Crippen LogP contribution in [0, 0.1) is 0 Å². The van der Waals surface area contributed by atoms with Gasteiger partial charge in [0.1, 0.15) is 6.26 Å². The second-order valence-electron chi connectivity index (χ2n) is 2.38. The molecule has 0 aliphatic carbocycles. The van der Waals surface area contributed by atoms with Gasteiger partial charge in [0.2, 0.25) is 0 Å². The van der Waals surface area contributed by atoms with Gasteiger partial charge in [0.05, 0.1) is 5.70 Å². The summed E-state index contributed by atoms with van der Waals surface area (Å²) in [4.78, 5) is 0. The van der Waals surface area contributed by atoms with Gasteiger partial charge in [-0.1, -0.05) is 50.8 Å². The second-order valence-corrected chi connectivity index (χ2v) is 2.38. The SMILES string of the molecule is C=Cc1ccccc1/C(N)=C/O.CC.